The fraction of sp³-hybridized carbons (Fsp3) is 0.938. The van der Waals surface area contributed by atoms with Gasteiger partial charge in [-0.1, -0.05) is 39.5 Å². The lowest BCUT2D eigenvalue weighted by Gasteiger charge is -2.08. The second kappa shape index (κ2) is 21.1. The molecule has 0 unspecified atom stereocenters. The van der Waals surface area contributed by atoms with Gasteiger partial charge >= 0.3 is 0 Å². The van der Waals surface area contributed by atoms with Crippen molar-refractivity contribution in [2.45, 2.75) is 71.5 Å². The van der Waals surface area contributed by atoms with Crippen molar-refractivity contribution in [1.29, 1.82) is 0 Å². The Hall–Kier alpha value is -0.890. The number of guanidine groups is 1. The lowest BCUT2D eigenvalue weighted by molar-refractivity contribution is 0.507. The van der Waals surface area contributed by atoms with E-state index in [1.54, 1.807) is 0 Å². The van der Waals surface area contributed by atoms with Gasteiger partial charge in [-0.2, -0.15) is 0 Å². The number of nitrogens with zero attached hydrogens (tertiary/aromatic N) is 1. The van der Waals surface area contributed by atoms with Crippen molar-refractivity contribution in [2.24, 2.45) is 27.9 Å². The monoisotopic (exact) mass is 331 g/mol. The van der Waals surface area contributed by atoms with Crippen LogP contribution < -0.4 is 33.6 Å². The summed E-state index contributed by atoms with van der Waals surface area (Å²) in [6.45, 7) is 7.87. The highest BCUT2D eigenvalue weighted by Crippen LogP contribution is 2.00. The van der Waals surface area contributed by atoms with Gasteiger partial charge in [0.2, 0.25) is 0 Å². The molecule has 0 aliphatic carbocycles. The Labute approximate surface area is 143 Å². The number of nitrogens with one attached hydrogen (secondary N) is 2. The molecular formula is C16H41N7. The van der Waals surface area contributed by atoms with Crippen LogP contribution in [0.15, 0.2) is 4.99 Å². The Kier molecular flexibility index (Phi) is 22.4. The highest BCUT2D eigenvalue weighted by atomic mass is 15.1. The Bertz CT molecular complexity index is 241. The van der Waals surface area contributed by atoms with E-state index >= 15 is 0 Å². The molecule has 10 N–H and O–H groups in total. The van der Waals surface area contributed by atoms with E-state index in [4.69, 9.17) is 22.9 Å². The smallest absolute Gasteiger partial charge is 0.185 e. The first-order valence-electron chi connectivity index (χ1n) is 9.13. The number of rotatable bonds is 15. The van der Waals surface area contributed by atoms with Crippen molar-refractivity contribution in [3.8, 4) is 0 Å². The van der Waals surface area contributed by atoms with Gasteiger partial charge in [-0.3, -0.25) is 10.3 Å². The van der Waals surface area contributed by atoms with Crippen LogP contribution in [0.5, 0.6) is 0 Å². The first-order chi connectivity index (χ1) is 11.1. The van der Waals surface area contributed by atoms with Crippen LogP contribution in [0.4, 0.5) is 0 Å². The molecule has 0 aliphatic heterocycles. The molecule has 0 aromatic rings. The van der Waals surface area contributed by atoms with E-state index in [2.05, 4.69) is 15.6 Å². The van der Waals surface area contributed by atoms with Crippen molar-refractivity contribution in [2.75, 3.05) is 26.2 Å². The first-order valence-corrected chi connectivity index (χ1v) is 9.13. The summed E-state index contributed by atoms with van der Waals surface area (Å²) in [5.74, 6) is 0.193. The molecule has 0 heterocycles. The molecule has 0 aliphatic rings. The Morgan fingerprint density at radius 2 is 1.26 bits per heavy atom. The van der Waals surface area contributed by atoms with E-state index in [-0.39, 0.29) is 12.2 Å². The summed E-state index contributed by atoms with van der Waals surface area (Å²) in [4.78, 5) is 3.96. The maximum absolute atomic E-state index is 5.39. The third-order valence-electron chi connectivity index (χ3n) is 3.22. The van der Waals surface area contributed by atoms with Crippen molar-refractivity contribution >= 4 is 5.96 Å². The molecular weight excluding hydrogens is 290 g/mol. The fourth-order valence-corrected chi connectivity index (χ4v) is 2.05. The highest BCUT2D eigenvalue weighted by Gasteiger charge is 1.94. The summed E-state index contributed by atoms with van der Waals surface area (Å²) in [5, 5.41) is 6.49. The second-order valence-electron chi connectivity index (χ2n) is 5.36. The SMILES string of the molecule is CC.NC(N)=NCCCCCCNCCCCCCNC(N)N. The van der Waals surface area contributed by atoms with E-state index in [0.29, 0.717) is 0 Å². The molecule has 0 saturated heterocycles. The molecule has 0 atom stereocenters. The number of hydrogen-bond donors (Lipinski definition) is 6. The molecule has 23 heavy (non-hydrogen) atoms. The van der Waals surface area contributed by atoms with E-state index < -0.39 is 0 Å². The average molecular weight is 332 g/mol. The molecule has 0 aromatic carbocycles. The van der Waals surface area contributed by atoms with Gasteiger partial charge in [0.25, 0.3) is 0 Å². The van der Waals surface area contributed by atoms with Gasteiger partial charge in [0, 0.05) is 6.54 Å². The normalized spacial score (nSPS) is 10.3. The van der Waals surface area contributed by atoms with E-state index in [1.165, 1.54) is 38.5 Å². The minimum atomic E-state index is -0.383. The van der Waals surface area contributed by atoms with Gasteiger partial charge in [-0.15, -0.1) is 0 Å². The predicted octanol–water partition coefficient (Wildman–Crippen LogP) is 0.787. The van der Waals surface area contributed by atoms with Gasteiger partial charge in [0.15, 0.2) is 5.96 Å². The van der Waals surface area contributed by atoms with Gasteiger partial charge in [0.05, 0.1) is 0 Å². The molecule has 0 bridgehead atoms. The molecule has 0 amide bonds. The molecule has 140 valence electrons. The minimum absolute atomic E-state index is 0.193. The van der Waals surface area contributed by atoms with Crippen molar-refractivity contribution in [1.82, 2.24) is 10.6 Å². The third-order valence-corrected chi connectivity index (χ3v) is 3.22. The molecule has 7 heteroatoms. The van der Waals surface area contributed by atoms with Crippen LogP contribution in [0, 0.1) is 0 Å². The van der Waals surface area contributed by atoms with Crippen LogP contribution in [0.25, 0.3) is 0 Å². The molecule has 0 rings (SSSR count). The van der Waals surface area contributed by atoms with Crippen molar-refractivity contribution < 1.29 is 0 Å². The quantitative estimate of drug-likeness (QED) is 0.113. The largest absolute Gasteiger partial charge is 0.370 e. The summed E-state index contributed by atoms with van der Waals surface area (Å²) in [7, 11) is 0. The fourth-order valence-electron chi connectivity index (χ4n) is 2.05. The summed E-state index contributed by atoms with van der Waals surface area (Å²) in [5.41, 5.74) is 21.3. The summed E-state index contributed by atoms with van der Waals surface area (Å²) < 4.78 is 0. The van der Waals surface area contributed by atoms with Crippen molar-refractivity contribution in [3.63, 3.8) is 0 Å². The zero-order chi connectivity index (χ0) is 17.8. The average Bonchev–Trinajstić information content (AvgIpc) is 2.52. The summed E-state index contributed by atoms with van der Waals surface area (Å²) in [6, 6.07) is 0. The first kappa shape index (κ1) is 24.4. The van der Waals surface area contributed by atoms with Crippen molar-refractivity contribution in [3.05, 3.63) is 0 Å². The van der Waals surface area contributed by atoms with Crippen LogP contribution in [0.1, 0.15) is 65.2 Å². The number of aliphatic imine (C=N–C) groups is 1. The van der Waals surface area contributed by atoms with Crippen LogP contribution in [0.3, 0.4) is 0 Å². The standard InChI is InChI=1S/C14H35N7.C2H6/c15-13(16)20-11-7-3-1-5-9-19-10-6-2-4-8-12-21-14(17)18;1-2/h13,19-20H,1-12,15-16H2,(H4,17,18,21);1-2H3. The van der Waals surface area contributed by atoms with Crippen LogP contribution in [-0.2, 0) is 0 Å². The molecule has 0 saturated carbocycles. The van der Waals surface area contributed by atoms with E-state index in [0.717, 1.165) is 39.0 Å². The predicted molar refractivity (Wildman–Crippen MR) is 102 cm³/mol. The number of unbranched alkanes of at least 4 members (excludes halogenated alkanes) is 6. The zero-order valence-corrected chi connectivity index (χ0v) is 15.3. The summed E-state index contributed by atoms with van der Waals surface area (Å²) in [6.07, 6.45) is 9.19. The van der Waals surface area contributed by atoms with Gasteiger partial charge in [-0.05, 0) is 45.3 Å². The molecule has 0 radical (unpaired) electrons. The molecule has 0 aromatic heterocycles. The van der Waals surface area contributed by atoms with Gasteiger partial charge in [-0.25, -0.2) is 0 Å². The van der Waals surface area contributed by atoms with Crippen LogP contribution in [-0.4, -0.2) is 38.4 Å². The molecule has 7 nitrogen and oxygen atoms in total. The lowest BCUT2D eigenvalue weighted by Crippen LogP contribution is -2.45. The Morgan fingerprint density at radius 1 is 0.783 bits per heavy atom. The Morgan fingerprint density at radius 3 is 1.74 bits per heavy atom. The third kappa shape index (κ3) is 26.3. The molecule has 0 spiro atoms. The number of nitrogens with two attached hydrogens (primary N) is 4. The maximum Gasteiger partial charge on any atom is 0.185 e. The van der Waals surface area contributed by atoms with E-state index in [9.17, 15) is 0 Å². The minimum Gasteiger partial charge on any atom is -0.370 e. The molecule has 0 fully saturated rings. The second-order valence-corrected chi connectivity index (χ2v) is 5.36. The van der Waals surface area contributed by atoms with Gasteiger partial charge < -0.3 is 28.3 Å². The Balaban J connectivity index is 0. The van der Waals surface area contributed by atoms with E-state index in [1.807, 2.05) is 13.8 Å². The maximum atomic E-state index is 5.39. The number of hydrogen-bond acceptors (Lipinski definition) is 5. The topological polar surface area (TPSA) is 140 Å². The van der Waals surface area contributed by atoms with Gasteiger partial charge in [0.1, 0.15) is 6.29 Å². The van der Waals surface area contributed by atoms with Crippen LogP contribution >= 0.6 is 0 Å². The zero-order valence-electron chi connectivity index (χ0n) is 15.3. The lowest BCUT2D eigenvalue weighted by atomic mass is 10.2. The van der Waals surface area contributed by atoms with Crippen LogP contribution in [0.2, 0.25) is 0 Å². The highest BCUT2D eigenvalue weighted by molar-refractivity contribution is 5.75. The summed E-state index contributed by atoms with van der Waals surface area (Å²) >= 11 is 0.